The minimum atomic E-state index is -0.105. The van der Waals surface area contributed by atoms with E-state index in [9.17, 15) is 4.79 Å². The van der Waals surface area contributed by atoms with Gasteiger partial charge in [0.1, 0.15) is 0 Å². The number of carbonyl (C=O) groups excluding carboxylic acids is 1. The molecule has 2 N–H and O–H groups in total. The lowest BCUT2D eigenvalue weighted by atomic mass is 10.2. The molecule has 0 spiro atoms. The number of aliphatic hydroxyl groups is 1. The van der Waals surface area contributed by atoms with Crippen LogP contribution in [0.25, 0.3) is 0 Å². The van der Waals surface area contributed by atoms with Crippen LogP contribution in [0.4, 0.5) is 0 Å². The molecule has 1 rings (SSSR count). The van der Waals surface area contributed by atoms with Crippen molar-refractivity contribution in [2.75, 3.05) is 6.61 Å². The van der Waals surface area contributed by atoms with Gasteiger partial charge in [-0.3, -0.25) is 9.78 Å². The molecular weight excluding hydrogens is 192 g/mol. The third kappa shape index (κ3) is 3.67. The second-order valence-electron chi connectivity index (χ2n) is 3.64. The van der Waals surface area contributed by atoms with Gasteiger partial charge in [-0.25, -0.2) is 0 Å². The van der Waals surface area contributed by atoms with Crippen LogP contribution >= 0.6 is 0 Å². The summed E-state index contributed by atoms with van der Waals surface area (Å²) in [5.74, 6) is -0.105. The number of hydrogen-bond acceptors (Lipinski definition) is 3. The van der Waals surface area contributed by atoms with Crippen LogP contribution in [0.5, 0.6) is 0 Å². The van der Waals surface area contributed by atoms with Gasteiger partial charge in [0, 0.05) is 36.5 Å². The average molecular weight is 208 g/mol. The Balaban J connectivity index is 2.76. The normalized spacial score (nSPS) is 10.4. The summed E-state index contributed by atoms with van der Waals surface area (Å²) >= 11 is 0. The second kappa shape index (κ2) is 5.46. The summed E-state index contributed by atoms with van der Waals surface area (Å²) in [4.78, 5) is 15.7. The highest BCUT2D eigenvalue weighted by molar-refractivity contribution is 5.94. The number of nitrogens with zero attached hydrogens (tertiary/aromatic N) is 1. The van der Waals surface area contributed by atoms with E-state index in [0.29, 0.717) is 12.0 Å². The Bertz CT molecular complexity index is 337. The van der Waals surface area contributed by atoms with Crippen molar-refractivity contribution >= 4 is 5.91 Å². The van der Waals surface area contributed by atoms with Gasteiger partial charge in [-0.2, -0.15) is 0 Å². The van der Waals surface area contributed by atoms with Gasteiger partial charge in [-0.15, -0.1) is 0 Å². The number of rotatable bonds is 4. The van der Waals surface area contributed by atoms with Crippen LogP contribution in [0.15, 0.2) is 18.3 Å². The zero-order valence-corrected chi connectivity index (χ0v) is 9.03. The lowest BCUT2D eigenvalue weighted by Gasteiger charge is -2.08. The fourth-order valence-electron chi connectivity index (χ4n) is 1.22. The van der Waals surface area contributed by atoms with Crippen LogP contribution < -0.4 is 5.32 Å². The highest BCUT2D eigenvalue weighted by Gasteiger charge is 2.07. The Morgan fingerprint density at radius 3 is 2.93 bits per heavy atom. The lowest BCUT2D eigenvalue weighted by molar-refractivity contribution is 0.0943. The number of carbonyl (C=O) groups is 1. The first-order chi connectivity index (χ1) is 7.13. The average Bonchev–Trinajstić information content (AvgIpc) is 2.17. The van der Waals surface area contributed by atoms with E-state index >= 15 is 0 Å². The van der Waals surface area contributed by atoms with Gasteiger partial charge < -0.3 is 10.4 Å². The van der Waals surface area contributed by atoms with Crippen molar-refractivity contribution in [3.63, 3.8) is 0 Å². The Hall–Kier alpha value is -1.42. The first-order valence-electron chi connectivity index (χ1n) is 5.00. The summed E-state index contributed by atoms with van der Waals surface area (Å²) in [5, 5.41) is 11.6. The molecule has 0 aliphatic rings. The summed E-state index contributed by atoms with van der Waals surface area (Å²) in [6.45, 7) is 3.86. The van der Waals surface area contributed by atoms with E-state index in [4.69, 9.17) is 5.11 Å². The van der Waals surface area contributed by atoms with Gasteiger partial charge in [-0.05, 0) is 26.0 Å². The van der Waals surface area contributed by atoms with E-state index < -0.39 is 0 Å². The molecule has 1 heterocycles. The predicted molar refractivity (Wildman–Crippen MR) is 57.6 cm³/mol. The summed E-state index contributed by atoms with van der Waals surface area (Å²) in [7, 11) is 0. The molecule has 0 aromatic carbocycles. The smallest absolute Gasteiger partial charge is 0.251 e. The van der Waals surface area contributed by atoms with Crippen molar-refractivity contribution < 1.29 is 9.90 Å². The summed E-state index contributed by atoms with van der Waals surface area (Å²) in [5.41, 5.74) is 1.32. The monoisotopic (exact) mass is 208 g/mol. The molecule has 1 aromatic rings. The fourth-order valence-corrected chi connectivity index (χ4v) is 1.22. The number of nitrogens with one attached hydrogen (secondary N) is 1. The third-order valence-electron chi connectivity index (χ3n) is 1.87. The molecule has 0 fully saturated rings. The van der Waals surface area contributed by atoms with E-state index in [0.717, 1.165) is 5.69 Å². The van der Waals surface area contributed by atoms with Crippen molar-refractivity contribution in [1.29, 1.82) is 0 Å². The molecule has 0 atom stereocenters. The van der Waals surface area contributed by atoms with E-state index in [1.54, 1.807) is 18.3 Å². The topological polar surface area (TPSA) is 62.2 Å². The third-order valence-corrected chi connectivity index (χ3v) is 1.87. The summed E-state index contributed by atoms with van der Waals surface area (Å²) in [6.07, 6.45) is 2.06. The van der Waals surface area contributed by atoms with Crippen molar-refractivity contribution in [3.8, 4) is 0 Å². The lowest BCUT2D eigenvalue weighted by Crippen LogP contribution is -2.30. The van der Waals surface area contributed by atoms with Crippen molar-refractivity contribution in [2.45, 2.75) is 26.3 Å². The summed E-state index contributed by atoms with van der Waals surface area (Å²) in [6, 6.07) is 3.49. The molecule has 0 aliphatic carbocycles. The number of hydrogen-bond donors (Lipinski definition) is 2. The Labute approximate surface area is 89.3 Å². The second-order valence-corrected chi connectivity index (χ2v) is 3.64. The van der Waals surface area contributed by atoms with Crippen LogP contribution in [0.1, 0.15) is 29.9 Å². The molecule has 4 nitrogen and oxygen atoms in total. The van der Waals surface area contributed by atoms with Crippen LogP contribution in [-0.2, 0) is 6.42 Å². The Morgan fingerprint density at radius 1 is 1.60 bits per heavy atom. The van der Waals surface area contributed by atoms with Crippen LogP contribution in [0.3, 0.4) is 0 Å². The highest BCUT2D eigenvalue weighted by atomic mass is 16.3. The zero-order chi connectivity index (χ0) is 11.3. The van der Waals surface area contributed by atoms with Gasteiger partial charge in [0.15, 0.2) is 0 Å². The van der Waals surface area contributed by atoms with Gasteiger partial charge in [-0.1, -0.05) is 0 Å². The molecule has 4 heteroatoms. The molecule has 0 saturated carbocycles. The quantitative estimate of drug-likeness (QED) is 0.767. The predicted octanol–water partition coefficient (Wildman–Crippen LogP) is 0.755. The molecule has 0 bridgehead atoms. The molecule has 0 aliphatic heterocycles. The van der Waals surface area contributed by atoms with Crippen LogP contribution in [0.2, 0.25) is 0 Å². The van der Waals surface area contributed by atoms with Crippen molar-refractivity contribution in [2.24, 2.45) is 0 Å². The van der Waals surface area contributed by atoms with E-state index in [1.165, 1.54) is 0 Å². The number of aliphatic hydroxyl groups excluding tert-OH is 1. The van der Waals surface area contributed by atoms with Crippen LogP contribution in [-0.4, -0.2) is 28.6 Å². The Morgan fingerprint density at radius 2 is 2.33 bits per heavy atom. The maximum absolute atomic E-state index is 11.6. The van der Waals surface area contributed by atoms with E-state index in [2.05, 4.69) is 10.3 Å². The standard InChI is InChI=1S/C11H16N2O2/c1-8(2)13-11(15)9-3-5-12-10(7-9)4-6-14/h3,5,7-8,14H,4,6H2,1-2H3,(H,13,15). The molecule has 1 amide bonds. The maximum Gasteiger partial charge on any atom is 0.251 e. The minimum absolute atomic E-state index is 0.0439. The van der Waals surface area contributed by atoms with Gasteiger partial charge >= 0.3 is 0 Å². The van der Waals surface area contributed by atoms with Gasteiger partial charge in [0.25, 0.3) is 5.91 Å². The summed E-state index contributed by atoms with van der Waals surface area (Å²) < 4.78 is 0. The zero-order valence-electron chi connectivity index (χ0n) is 9.03. The van der Waals surface area contributed by atoms with E-state index in [1.807, 2.05) is 13.8 Å². The number of amides is 1. The molecule has 0 unspecified atom stereocenters. The van der Waals surface area contributed by atoms with Crippen LogP contribution in [0, 0.1) is 0 Å². The molecule has 1 aromatic heterocycles. The van der Waals surface area contributed by atoms with Crippen molar-refractivity contribution in [3.05, 3.63) is 29.6 Å². The molecular formula is C11H16N2O2. The SMILES string of the molecule is CC(C)NC(=O)c1ccnc(CCO)c1. The minimum Gasteiger partial charge on any atom is -0.396 e. The maximum atomic E-state index is 11.6. The Kier molecular flexibility index (Phi) is 4.24. The van der Waals surface area contributed by atoms with Gasteiger partial charge in [0.05, 0.1) is 0 Å². The van der Waals surface area contributed by atoms with E-state index in [-0.39, 0.29) is 18.6 Å². The molecule has 0 radical (unpaired) electrons. The molecule has 15 heavy (non-hydrogen) atoms. The molecule has 82 valence electrons. The first kappa shape index (κ1) is 11.7. The van der Waals surface area contributed by atoms with Crippen molar-refractivity contribution in [1.82, 2.24) is 10.3 Å². The number of aromatic nitrogens is 1. The largest absolute Gasteiger partial charge is 0.396 e. The first-order valence-corrected chi connectivity index (χ1v) is 5.00. The number of pyridine rings is 1. The highest BCUT2D eigenvalue weighted by Crippen LogP contribution is 2.02. The molecule has 0 saturated heterocycles. The fraction of sp³-hybridized carbons (Fsp3) is 0.455. The van der Waals surface area contributed by atoms with Gasteiger partial charge in [0.2, 0.25) is 0 Å².